The van der Waals surface area contributed by atoms with E-state index in [1.165, 1.54) is 0 Å². The SMILES string of the molecule is Cc1cccc(Cl)c1Nc1nc(C(C)(C)C)nc(Cl)c1C. The number of anilines is 2. The van der Waals surface area contributed by atoms with Crippen molar-refractivity contribution in [2.75, 3.05) is 5.32 Å². The van der Waals surface area contributed by atoms with Crippen LogP contribution in [0.5, 0.6) is 0 Å². The van der Waals surface area contributed by atoms with E-state index in [1.807, 2.05) is 32.0 Å². The van der Waals surface area contributed by atoms with Gasteiger partial charge in [-0.25, -0.2) is 9.97 Å². The molecular formula is C16H19Cl2N3. The number of halogens is 2. The zero-order valence-corrected chi connectivity index (χ0v) is 14.4. The summed E-state index contributed by atoms with van der Waals surface area (Å²) in [7, 11) is 0. The number of hydrogen-bond acceptors (Lipinski definition) is 3. The maximum absolute atomic E-state index is 6.26. The molecule has 0 saturated carbocycles. The van der Waals surface area contributed by atoms with Crippen molar-refractivity contribution in [1.82, 2.24) is 9.97 Å². The number of aryl methyl sites for hydroxylation is 1. The molecule has 5 heteroatoms. The number of benzene rings is 1. The van der Waals surface area contributed by atoms with E-state index in [9.17, 15) is 0 Å². The molecule has 1 heterocycles. The summed E-state index contributed by atoms with van der Waals surface area (Å²) in [5, 5.41) is 4.41. The van der Waals surface area contributed by atoms with Gasteiger partial charge in [-0.2, -0.15) is 0 Å². The van der Waals surface area contributed by atoms with Crippen LogP contribution in [0.2, 0.25) is 10.2 Å². The van der Waals surface area contributed by atoms with Crippen molar-refractivity contribution in [3.8, 4) is 0 Å². The van der Waals surface area contributed by atoms with Crippen LogP contribution in [0.15, 0.2) is 18.2 Å². The minimum absolute atomic E-state index is 0.177. The van der Waals surface area contributed by atoms with Crippen molar-refractivity contribution in [1.29, 1.82) is 0 Å². The fraction of sp³-hybridized carbons (Fsp3) is 0.375. The van der Waals surface area contributed by atoms with Crippen molar-refractivity contribution >= 4 is 34.7 Å². The predicted octanol–water partition coefficient (Wildman–Crippen LogP) is 5.44. The molecule has 2 aromatic rings. The standard InChI is InChI=1S/C16H19Cl2N3/c1-9-7-6-8-11(17)12(9)19-14-10(2)13(18)20-15(21-14)16(3,4)5/h6-8H,1-5H3,(H,19,20,21). The Morgan fingerprint density at radius 2 is 1.71 bits per heavy atom. The molecule has 0 aliphatic heterocycles. The smallest absolute Gasteiger partial charge is 0.138 e. The number of para-hydroxylation sites is 1. The van der Waals surface area contributed by atoms with Crippen molar-refractivity contribution in [2.45, 2.75) is 40.0 Å². The van der Waals surface area contributed by atoms with Crippen LogP contribution in [0.4, 0.5) is 11.5 Å². The van der Waals surface area contributed by atoms with Gasteiger partial charge in [-0.05, 0) is 25.5 Å². The highest BCUT2D eigenvalue weighted by atomic mass is 35.5. The monoisotopic (exact) mass is 323 g/mol. The molecule has 0 aliphatic rings. The molecule has 1 aromatic carbocycles. The highest BCUT2D eigenvalue weighted by Crippen LogP contribution is 2.32. The predicted molar refractivity (Wildman–Crippen MR) is 90.0 cm³/mol. The summed E-state index contributed by atoms with van der Waals surface area (Å²) in [4.78, 5) is 8.99. The third-order valence-corrected chi connectivity index (χ3v) is 3.91. The highest BCUT2D eigenvalue weighted by Gasteiger charge is 2.21. The third-order valence-electron chi connectivity index (χ3n) is 3.22. The summed E-state index contributed by atoms with van der Waals surface area (Å²) >= 11 is 12.5. The molecule has 0 unspecified atom stereocenters. The van der Waals surface area contributed by atoms with Crippen LogP contribution in [0.1, 0.15) is 37.7 Å². The molecule has 0 fully saturated rings. The van der Waals surface area contributed by atoms with E-state index < -0.39 is 0 Å². The van der Waals surface area contributed by atoms with Gasteiger partial charge in [0.1, 0.15) is 16.8 Å². The molecule has 1 aromatic heterocycles. The second kappa shape index (κ2) is 5.82. The Kier molecular flexibility index (Phi) is 4.45. The highest BCUT2D eigenvalue weighted by molar-refractivity contribution is 6.33. The average Bonchev–Trinajstić information content (AvgIpc) is 2.37. The lowest BCUT2D eigenvalue weighted by Gasteiger charge is -2.20. The van der Waals surface area contributed by atoms with Crippen molar-refractivity contribution in [2.24, 2.45) is 0 Å². The van der Waals surface area contributed by atoms with E-state index in [2.05, 4.69) is 36.1 Å². The Hall–Kier alpha value is -1.32. The first-order valence-corrected chi connectivity index (χ1v) is 7.52. The first-order chi connectivity index (χ1) is 9.70. The van der Waals surface area contributed by atoms with E-state index in [-0.39, 0.29) is 5.41 Å². The van der Waals surface area contributed by atoms with Crippen LogP contribution in [-0.2, 0) is 5.41 Å². The van der Waals surface area contributed by atoms with E-state index in [1.54, 1.807) is 0 Å². The van der Waals surface area contributed by atoms with Gasteiger partial charge in [0.15, 0.2) is 0 Å². The summed E-state index contributed by atoms with van der Waals surface area (Å²) in [6.45, 7) is 10.1. The lowest BCUT2D eigenvalue weighted by Crippen LogP contribution is -2.17. The van der Waals surface area contributed by atoms with E-state index in [0.717, 1.165) is 16.8 Å². The van der Waals surface area contributed by atoms with Crippen molar-refractivity contribution in [3.63, 3.8) is 0 Å². The van der Waals surface area contributed by atoms with Crippen LogP contribution in [0.3, 0.4) is 0 Å². The van der Waals surface area contributed by atoms with Gasteiger partial charge < -0.3 is 5.32 Å². The third kappa shape index (κ3) is 3.47. The molecule has 0 aliphatic carbocycles. The molecule has 0 spiro atoms. The van der Waals surface area contributed by atoms with Gasteiger partial charge in [-0.1, -0.05) is 56.1 Å². The second-order valence-corrected chi connectivity index (χ2v) is 6.88. The number of nitrogens with zero attached hydrogens (tertiary/aromatic N) is 2. The molecule has 112 valence electrons. The fourth-order valence-electron chi connectivity index (χ4n) is 1.86. The lowest BCUT2D eigenvalue weighted by atomic mass is 9.95. The van der Waals surface area contributed by atoms with Crippen LogP contribution in [0.25, 0.3) is 0 Å². The van der Waals surface area contributed by atoms with Gasteiger partial charge >= 0.3 is 0 Å². The zero-order chi connectivity index (χ0) is 15.8. The first kappa shape index (κ1) is 16.1. The van der Waals surface area contributed by atoms with E-state index >= 15 is 0 Å². The molecule has 0 bridgehead atoms. The van der Waals surface area contributed by atoms with Gasteiger partial charge in [0.25, 0.3) is 0 Å². The molecule has 0 saturated heterocycles. The van der Waals surface area contributed by atoms with Gasteiger partial charge in [0.2, 0.25) is 0 Å². The van der Waals surface area contributed by atoms with Crippen LogP contribution < -0.4 is 5.32 Å². The summed E-state index contributed by atoms with van der Waals surface area (Å²) in [5.41, 5.74) is 2.53. The molecule has 0 amide bonds. The molecule has 1 N–H and O–H groups in total. The Morgan fingerprint density at radius 3 is 2.29 bits per heavy atom. The minimum Gasteiger partial charge on any atom is -0.338 e. The maximum atomic E-state index is 6.26. The Morgan fingerprint density at radius 1 is 1.05 bits per heavy atom. The number of rotatable bonds is 2. The van der Waals surface area contributed by atoms with E-state index in [0.29, 0.717) is 21.8 Å². The number of nitrogens with one attached hydrogen (secondary N) is 1. The summed E-state index contributed by atoms with van der Waals surface area (Å²) in [5.74, 6) is 1.39. The number of hydrogen-bond donors (Lipinski definition) is 1. The second-order valence-electron chi connectivity index (χ2n) is 6.12. The minimum atomic E-state index is -0.177. The maximum Gasteiger partial charge on any atom is 0.138 e. The lowest BCUT2D eigenvalue weighted by molar-refractivity contribution is 0.545. The quantitative estimate of drug-likeness (QED) is 0.747. The normalized spacial score (nSPS) is 11.6. The number of aromatic nitrogens is 2. The first-order valence-electron chi connectivity index (χ1n) is 6.77. The summed E-state index contributed by atoms with van der Waals surface area (Å²) in [6.07, 6.45) is 0. The van der Waals surface area contributed by atoms with Gasteiger partial charge in [0.05, 0.1) is 10.7 Å². The zero-order valence-electron chi connectivity index (χ0n) is 12.9. The summed E-state index contributed by atoms with van der Waals surface area (Å²) in [6, 6.07) is 5.76. The van der Waals surface area contributed by atoms with E-state index in [4.69, 9.17) is 23.2 Å². The van der Waals surface area contributed by atoms with Gasteiger partial charge in [0, 0.05) is 11.0 Å². The molecule has 0 radical (unpaired) electrons. The Balaban J connectivity index is 2.52. The van der Waals surface area contributed by atoms with Crippen LogP contribution >= 0.6 is 23.2 Å². The Labute approximate surface area is 135 Å². The topological polar surface area (TPSA) is 37.8 Å². The Bertz CT molecular complexity index is 656. The molecular weight excluding hydrogens is 305 g/mol. The fourth-order valence-corrected chi connectivity index (χ4v) is 2.29. The molecule has 21 heavy (non-hydrogen) atoms. The molecule has 0 atom stereocenters. The average molecular weight is 324 g/mol. The van der Waals surface area contributed by atoms with Crippen molar-refractivity contribution in [3.05, 3.63) is 45.3 Å². The van der Waals surface area contributed by atoms with Gasteiger partial charge in [-0.15, -0.1) is 0 Å². The molecule has 2 rings (SSSR count). The largest absolute Gasteiger partial charge is 0.338 e. The summed E-state index contributed by atoms with van der Waals surface area (Å²) < 4.78 is 0. The van der Waals surface area contributed by atoms with Gasteiger partial charge in [-0.3, -0.25) is 0 Å². The van der Waals surface area contributed by atoms with Crippen LogP contribution in [0, 0.1) is 13.8 Å². The van der Waals surface area contributed by atoms with Crippen molar-refractivity contribution < 1.29 is 0 Å². The van der Waals surface area contributed by atoms with Crippen LogP contribution in [-0.4, -0.2) is 9.97 Å². The molecule has 3 nitrogen and oxygen atoms in total.